The van der Waals surface area contributed by atoms with Crippen molar-refractivity contribution >= 4 is 12.0 Å². The van der Waals surface area contributed by atoms with Gasteiger partial charge in [-0.05, 0) is 79.1 Å². The number of fused-ring (bicyclic) bond motifs is 1. The van der Waals surface area contributed by atoms with Gasteiger partial charge in [-0.15, -0.1) is 0 Å². The second-order valence-corrected chi connectivity index (χ2v) is 11.5. The molecule has 1 heterocycles. The molecule has 3 atom stereocenters. The van der Waals surface area contributed by atoms with Crippen molar-refractivity contribution in [3.05, 3.63) is 106 Å². The second-order valence-electron chi connectivity index (χ2n) is 11.5. The number of rotatable bonds is 10. The minimum atomic E-state index is -4.71. The van der Waals surface area contributed by atoms with Crippen LogP contribution in [0.1, 0.15) is 66.5 Å². The molecule has 1 aliphatic carbocycles. The van der Waals surface area contributed by atoms with Gasteiger partial charge in [0.25, 0.3) is 0 Å². The molecule has 3 aromatic carbocycles. The molecular weight excluding hydrogens is 560 g/mol. The third-order valence-electron chi connectivity index (χ3n) is 8.42. The lowest BCUT2D eigenvalue weighted by atomic mass is 9.72. The fourth-order valence-corrected chi connectivity index (χ4v) is 5.88. The highest BCUT2D eigenvalue weighted by Gasteiger charge is 2.45. The highest BCUT2D eigenvalue weighted by atomic mass is 19.4. The summed E-state index contributed by atoms with van der Waals surface area (Å²) in [6, 6.07) is 16.8. The lowest BCUT2D eigenvalue weighted by Crippen LogP contribution is -2.52. The number of aryl methyl sites for hydroxylation is 1. The minimum Gasteiger partial charge on any atom is -0.487 e. The molecule has 0 saturated heterocycles. The van der Waals surface area contributed by atoms with E-state index in [0.29, 0.717) is 12.5 Å². The van der Waals surface area contributed by atoms with E-state index in [2.05, 4.69) is 29.7 Å². The van der Waals surface area contributed by atoms with Crippen molar-refractivity contribution in [3.8, 4) is 5.75 Å². The molecule has 0 radical (unpaired) electrons. The molecule has 5 nitrogen and oxygen atoms in total. The predicted molar refractivity (Wildman–Crippen MR) is 157 cm³/mol. The van der Waals surface area contributed by atoms with Gasteiger partial charge in [-0.2, -0.15) is 13.2 Å². The lowest BCUT2D eigenvalue weighted by Gasteiger charge is -2.48. The molecular formula is C34H36F4N2O3. The number of alkyl halides is 3. The number of nitrogens with one attached hydrogen (secondary N) is 2. The fourth-order valence-electron chi connectivity index (χ4n) is 5.88. The molecule has 5 rings (SSSR count). The number of halogens is 4. The highest BCUT2D eigenvalue weighted by molar-refractivity contribution is 5.92. The van der Waals surface area contributed by atoms with Gasteiger partial charge in [0.1, 0.15) is 17.2 Å². The quantitative estimate of drug-likeness (QED) is 0.184. The van der Waals surface area contributed by atoms with Gasteiger partial charge in [0.05, 0.1) is 17.7 Å². The van der Waals surface area contributed by atoms with E-state index in [4.69, 9.17) is 4.74 Å². The van der Waals surface area contributed by atoms with E-state index in [9.17, 15) is 27.5 Å². The third-order valence-corrected chi connectivity index (χ3v) is 8.42. The maximum atomic E-state index is 13.7. The summed E-state index contributed by atoms with van der Waals surface area (Å²) in [5, 5.41) is 17.6. The van der Waals surface area contributed by atoms with E-state index in [1.165, 1.54) is 5.56 Å². The summed E-state index contributed by atoms with van der Waals surface area (Å²) in [4.78, 5) is 12.9. The van der Waals surface area contributed by atoms with E-state index < -0.39 is 41.2 Å². The average molecular weight is 597 g/mol. The Morgan fingerprint density at radius 1 is 1.09 bits per heavy atom. The zero-order chi connectivity index (χ0) is 30.6. The van der Waals surface area contributed by atoms with E-state index in [1.54, 1.807) is 0 Å². The van der Waals surface area contributed by atoms with Crippen LogP contribution < -0.4 is 15.4 Å². The number of benzene rings is 3. The smallest absolute Gasteiger partial charge is 0.416 e. The van der Waals surface area contributed by atoms with Gasteiger partial charge in [-0.3, -0.25) is 4.79 Å². The monoisotopic (exact) mass is 596 g/mol. The number of amides is 1. The summed E-state index contributed by atoms with van der Waals surface area (Å²) in [7, 11) is 0. The molecule has 1 saturated carbocycles. The van der Waals surface area contributed by atoms with Crippen molar-refractivity contribution in [2.24, 2.45) is 0 Å². The van der Waals surface area contributed by atoms with Gasteiger partial charge in [0.2, 0.25) is 5.91 Å². The maximum absolute atomic E-state index is 13.7. The normalized spacial score (nSPS) is 18.9. The van der Waals surface area contributed by atoms with Gasteiger partial charge in [-0.25, -0.2) is 4.39 Å². The molecule has 0 aromatic heterocycles. The predicted octanol–water partition coefficient (Wildman–Crippen LogP) is 6.54. The molecule has 43 heavy (non-hydrogen) atoms. The first kappa shape index (κ1) is 30.8. The molecule has 1 fully saturated rings. The van der Waals surface area contributed by atoms with Crippen LogP contribution in [0.5, 0.6) is 5.75 Å². The van der Waals surface area contributed by atoms with Crippen LogP contribution in [0.15, 0.2) is 72.8 Å². The Morgan fingerprint density at radius 3 is 2.53 bits per heavy atom. The van der Waals surface area contributed by atoms with Crippen molar-refractivity contribution in [1.29, 1.82) is 0 Å². The van der Waals surface area contributed by atoms with Gasteiger partial charge in [0, 0.05) is 30.6 Å². The summed E-state index contributed by atoms with van der Waals surface area (Å²) in [5.41, 5.74) is 1.39. The standard InChI is InChI=1S/C34H36F4N2O3/c1-2-22-9-13-31-26(17-22)29(20-33(43-31)15-6-16-33)39-21-30(41)28(18-23-7-4-3-5-8-23)40-32(42)14-10-24-19-25(35)11-12-27(24)34(36,37)38/h3-5,7-14,17,19,28-30,39,41H,2,6,15-16,18,20-21H2,1H3,(H,40,42)/t28-,29-,30+/m0/s1. The number of hydrogen-bond acceptors (Lipinski definition) is 4. The van der Waals surface area contributed by atoms with Crippen LogP contribution in [-0.4, -0.2) is 35.3 Å². The summed E-state index contributed by atoms with van der Waals surface area (Å²) < 4.78 is 60.3. The molecule has 0 bridgehead atoms. The third kappa shape index (κ3) is 7.46. The molecule has 9 heteroatoms. The van der Waals surface area contributed by atoms with Gasteiger partial charge in [0.15, 0.2) is 0 Å². The van der Waals surface area contributed by atoms with Crippen molar-refractivity contribution in [1.82, 2.24) is 10.6 Å². The molecule has 1 aliphatic heterocycles. The van der Waals surface area contributed by atoms with E-state index in [-0.39, 0.29) is 18.2 Å². The van der Waals surface area contributed by atoms with Gasteiger partial charge >= 0.3 is 6.18 Å². The topological polar surface area (TPSA) is 70.6 Å². The maximum Gasteiger partial charge on any atom is 0.416 e. The number of aliphatic hydroxyl groups excluding tert-OH is 1. The van der Waals surface area contributed by atoms with Gasteiger partial charge in [-0.1, -0.05) is 49.4 Å². The number of hydrogen-bond donors (Lipinski definition) is 3. The molecule has 1 amide bonds. The van der Waals surface area contributed by atoms with Crippen LogP contribution in [0.4, 0.5) is 17.6 Å². The van der Waals surface area contributed by atoms with E-state index in [1.807, 2.05) is 36.4 Å². The van der Waals surface area contributed by atoms with Crippen LogP contribution in [-0.2, 0) is 23.8 Å². The Kier molecular flexibility index (Phi) is 9.22. The van der Waals surface area contributed by atoms with Crippen LogP contribution in [0.2, 0.25) is 0 Å². The molecule has 1 spiro atoms. The first-order valence-electron chi connectivity index (χ1n) is 14.7. The van der Waals surface area contributed by atoms with Crippen molar-refractivity contribution in [3.63, 3.8) is 0 Å². The number of ether oxygens (including phenoxy) is 1. The Balaban J connectivity index is 1.32. The molecule has 0 unspecified atom stereocenters. The molecule has 2 aliphatic rings. The number of aliphatic hydroxyl groups is 1. The zero-order valence-corrected chi connectivity index (χ0v) is 24.0. The molecule has 3 aromatic rings. The lowest BCUT2D eigenvalue weighted by molar-refractivity contribution is -0.137. The van der Waals surface area contributed by atoms with Crippen molar-refractivity contribution in [2.45, 2.75) is 75.4 Å². The Labute approximate surface area is 249 Å². The SMILES string of the molecule is CCc1ccc2c(c1)[C@@H](NC[C@@H](O)[C@H](Cc1ccccc1)NC(=O)C=Cc1cc(F)ccc1C(F)(F)F)CC1(CCC1)O2. The van der Waals surface area contributed by atoms with E-state index in [0.717, 1.165) is 73.3 Å². The average Bonchev–Trinajstić information content (AvgIpc) is 2.97. The fraction of sp³-hybridized carbons (Fsp3) is 0.382. The summed E-state index contributed by atoms with van der Waals surface area (Å²) in [6.07, 6.45) is 1.15. The van der Waals surface area contributed by atoms with Crippen molar-refractivity contribution < 1.29 is 32.2 Å². The van der Waals surface area contributed by atoms with Gasteiger partial charge < -0.3 is 20.5 Å². The van der Waals surface area contributed by atoms with E-state index >= 15 is 0 Å². The largest absolute Gasteiger partial charge is 0.487 e. The second kappa shape index (κ2) is 12.9. The first-order valence-corrected chi connectivity index (χ1v) is 14.7. The Hall–Kier alpha value is -3.69. The molecule has 228 valence electrons. The van der Waals surface area contributed by atoms with Crippen LogP contribution >= 0.6 is 0 Å². The Bertz CT molecular complexity index is 1450. The minimum absolute atomic E-state index is 0.0491. The Morgan fingerprint density at radius 2 is 1.86 bits per heavy atom. The zero-order valence-electron chi connectivity index (χ0n) is 24.0. The van der Waals surface area contributed by atoms with Crippen LogP contribution in [0, 0.1) is 5.82 Å². The number of carbonyl (C=O) groups excluding carboxylic acids is 1. The first-order chi connectivity index (χ1) is 20.5. The van der Waals surface area contributed by atoms with Crippen LogP contribution in [0.3, 0.4) is 0 Å². The van der Waals surface area contributed by atoms with Crippen LogP contribution in [0.25, 0.3) is 6.08 Å². The summed E-state index contributed by atoms with van der Waals surface area (Å²) >= 11 is 0. The summed E-state index contributed by atoms with van der Waals surface area (Å²) in [6.45, 7) is 2.26. The number of carbonyl (C=O) groups is 1. The highest BCUT2D eigenvalue weighted by Crippen LogP contribution is 2.49. The molecule has 3 N–H and O–H groups in total. The van der Waals surface area contributed by atoms with Crippen molar-refractivity contribution in [2.75, 3.05) is 6.54 Å². The summed E-state index contributed by atoms with van der Waals surface area (Å²) in [5.74, 6) is -0.694.